The predicted octanol–water partition coefficient (Wildman–Crippen LogP) is 3.09. The summed E-state index contributed by atoms with van der Waals surface area (Å²) in [4.78, 5) is 15.3. The molecule has 0 radical (unpaired) electrons. The second kappa shape index (κ2) is 9.18. The van der Waals surface area contributed by atoms with Crippen LogP contribution in [-0.2, 0) is 21.4 Å². The Kier molecular flexibility index (Phi) is 6.60. The first-order valence-corrected chi connectivity index (χ1v) is 13.3. The first-order valence-electron chi connectivity index (χ1n) is 9.79. The zero-order valence-electron chi connectivity index (χ0n) is 16.1. The average Bonchev–Trinajstić information content (AvgIpc) is 3.42. The van der Waals surface area contributed by atoms with E-state index in [4.69, 9.17) is 0 Å². The molecule has 0 bridgehead atoms. The number of hydrogen-bond donors (Lipinski definition) is 1. The quantitative estimate of drug-likeness (QED) is 0.731. The van der Waals surface area contributed by atoms with Crippen molar-refractivity contribution in [3.05, 3.63) is 47.3 Å². The van der Waals surface area contributed by atoms with Crippen LogP contribution in [0.5, 0.6) is 0 Å². The van der Waals surface area contributed by atoms with Gasteiger partial charge in [0.25, 0.3) is 10.0 Å². The predicted molar refractivity (Wildman–Crippen MR) is 119 cm³/mol. The van der Waals surface area contributed by atoms with Crippen LogP contribution in [0.3, 0.4) is 0 Å². The first-order chi connectivity index (χ1) is 14.0. The molecule has 1 unspecified atom stereocenters. The Morgan fingerprint density at radius 1 is 1.14 bits per heavy atom. The van der Waals surface area contributed by atoms with Crippen LogP contribution in [0.4, 0.5) is 5.69 Å². The summed E-state index contributed by atoms with van der Waals surface area (Å²) in [5.74, 6) is 2.06. The molecule has 4 rings (SSSR count). The van der Waals surface area contributed by atoms with Crippen molar-refractivity contribution in [1.82, 2.24) is 9.21 Å². The lowest BCUT2D eigenvalue weighted by Crippen LogP contribution is -2.42. The number of amides is 1. The van der Waals surface area contributed by atoms with Gasteiger partial charge >= 0.3 is 0 Å². The number of anilines is 1. The number of thiophene rings is 1. The molecule has 1 aromatic heterocycles. The number of rotatable bonds is 6. The summed E-state index contributed by atoms with van der Waals surface area (Å²) in [6.45, 7) is 3.41. The fourth-order valence-corrected chi connectivity index (χ4v) is 7.56. The fraction of sp³-hybridized carbons (Fsp3) is 0.450. The highest BCUT2D eigenvalue weighted by molar-refractivity contribution is 7.99. The molecule has 1 amide bonds. The van der Waals surface area contributed by atoms with Crippen molar-refractivity contribution >= 4 is 44.7 Å². The van der Waals surface area contributed by atoms with Crippen LogP contribution in [0, 0.1) is 0 Å². The molecule has 2 aromatic rings. The van der Waals surface area contributed by atoms with Gasteiger partial charge in [0, 0.05) is 43.4 Å². The molecule has 1 aromatic carbocycles. The number of thioether (sulfide) groups is 1. The molecule has 2 fully saturated rings. The van der Waals surface area contributed by atoms with Crippen molar-refractivity contribution in [2.75, 3.05) is 36.5 Å². The number of nitrogens with zero attached hydrogens (tertiary/aromatic N) is 2. The van der Waals surface area contributed by atoms with Crippen LogP contribution in [-0.4, -0.2) is 60.7 Å². The third-order valence-electron chi connectivity index (χ3n) is 5.27. The Morgan fingerprint density at radius 2 is 1.97 bits per heavy atom. The normalized spacial score (nSPS) is 21.3. The molecule has 156 valence electrons. The topological polar surface area (TPSA) is 69.7 Å². The second-order valence-corrected chi connectivity index (χ2v) is 11.6. The van der Waals surface area contributed by atoms with Crippen LogP contribution in [0.15, 0.2) is 46.0 Å². The van der Waals surface area contributed by atoms with Crippen molar-refractivity contribution < 1.29 is 13.2 Å². The summed E-state index contributed by atoms with van der Waals surface area (Å²) in [7, 11) is -3.63. The van der Waals surface area contributed by atoms with E-state index in [0.29, 0.717) is 23.6 Å². The molecule has 2 aliphatic rings. The average molecular weight is 452 g/mol. The Bertz CT molecular complexity index is 941. The van der Waals surface area contributed by atoms with E-state index in [-0.39, 0.29) is 5.91 Å². The van der Waals surface area contributed by atoms with Crippen LogP contribution in [0.25, 0.3) is 0 Å². The van der Waals surface area contributed by atoms with Crippen molar-refractivity contribution in [2.24, 2.45) is 0 Å². The molecular weight excluding hydrogens is 426 g/mol. The van der Waals surface area contributed by atoms with E-state index >= 15 is 0 Å². The van der Waals surface area contributed by atoms with Gasteiger partial charge in [-0.15, -0.1) is 11.3 Å². The number of benzene rings is 1. The fourth-order valence-electron chi connectivity index (χ4n) is 3.81. The van der Waals surface area contributed by atoms with Crippen LogP contribution in [0.1, 0.15) is 18.4 Å². The van der Waals surface area contributed by atoms with Crippen molar-refractivity contribution in [2.45, 2.75) is 29.6 Å². The van der Waals surface area contributed by atoms with Crippen molar-refractivity contribution in [3.8, 4) is 0 Å². The maximum absolute atomic E-state index is 12.9. The zero-order chi connectivity index (χ0) is 20.3. The van der Waals surface area contributed by atoms with E-state index in [1.165, 1.54) is 15.6 Å². The summed E-state index contributed by atoms with van der Waals surface area (Å²) in [6, 6.07) is 10.5. The smallest absolute Gasteiger partial charge is 0.253 e. The largest absolute Gasteiger partial charge is 0.325 e. The molecule has 29 heavy (non-hydrogen) atoms. The Labute approximate surface area is 180 Å². The van der Waals surface area contributed by atoms with E-state index in [9.17, 15) is 13.2 Å². The molecule has 6 nitrogen and oxygen atoms in total. The van der Waals surface area contributed by atoms with Gasteiger partial charge in [-0.1, -0.05) is 18.2 Å². The van der Waals surface area contributed by atoms with Gasteiger partial charge < -0.3 is 5.32 Å². The Morgan fingerprint density at radius 3 is 2.72 bits per heavy atom. The Balaban J connectivity index is 1.44. The number of sulfonamides is 1. The van der Waals surface area contributed by atoms with Gasteiger partial charge in [0.05, 0.1) is 0 Å². The van der Waals surface area contributed by atoms with Gasteiger partial charge in [-0.2, -0.15) is 16.1 Å². The summed E-state index contributed by atoms with van der Waals surface area (Å²) in [5, 5.41) is 4.69. The van der Waals surface area contributed by atoms with Crippen molar-refractivity contribution in [1.29, 1.82) is 0 Å². The number of nitrogens with one attached hydrogen (secondary N) is 1. The third-order valence-corrected chi connectivity index (χ3v) is 9.49. The van der Waals surface area contributed by atoms with Gasteiger partial charge in [0.15, 0.2) is 0 Å². The Hall–Kier alpha value is -1.39. The molecule has 1 atom stereocenters. The van der Waals surface area contributed by atoms with E-state index in [1.54, 1.807) is 17.5 Å². The highest BCUT2D eigenvalue weighted by Crippen LogP contribution is 2.29. The van der Waals surface area contributed by atoms with E-state index in [1.807, 2.05) is 30.0 Å². The summed E-state index contributed by atoms with van der Waals surface area (Å²) in [5.41, 5.74) is 1.88. The minimum absolute atomic E-state index is 0.255. The molecular formula is C20H25N3O3S3. The standard InChI is InChI=1S/C20H25N3O3S3/c24-20(18-6-2-8-23(18)29(25,26)19-7-3-11-28-19)21-17-5-1-4-16(14-17)15-22-9-12-27-13-10-22/h1,3-5,7,11,14,18H,2,6,8-10,12-13,15H2,(H,21,24). The van der Waals surface area contributed by atoms with E-state index in [2.05, 4.69) is 16.3 Å². The highest BCUT2D eigenvalue weighted by atomic mass is 32.2. The monoisotopic (exact) mass is 451 g/mol. The lowest BCUT2D eigenvalue weighted by atomic mass is 10.1. The van der Waals surface area contributed by atoms with E-state index in [0.717, 1.165) is 42.4 Å². The molecule has 0 saturated carbocycles. The molecule has 3 heterocycles. The van der Waals surface area contributed by atoms with Gasteiger partial charge in [-0.25, -0.2) is 8.42 Å². The lowest BCUT2D eigenvalue weighted by molar-refractivity contribution is -0.119. The summed E-state index contributed by atoms with van der Waals surface area (Å²) < 4.78 is 27.4. The molecule has 0 spiro atoms. The molecule has 9 heteroatoms. The minimum atomic E-state index is -3.63. The third kappa shape index (κ3) is 4.86. The molecule has 2 aliphatic heterocycles. The van der Waals surface area contributed by atoms with Gasteiger partial charge in [0.1, 0.15) is 10.3 Å². The minimum Gasteiger partial charge on any atom is -0.325 e. The first kappa shape index (κ1) is 20.9. The summed E-state index contributed by atoms with van der Waals surface area (Å²) in [6.07, 6.45) is 1.23. The van der Waals surface area contributed by atoms with Crippen LogP contribution >= 0.6 is 23.1 Å². The highest BCUT2D eigenvalue weighted by Gasteiger charge is 2.39. The van der Waals surface area contributed by atoms with E-state index < -0.39 is 16.1 Å². The number of hydrogen-bond acceptors (Lipinski definition) is 6. The zero-order valence-corrected chi connectivity index (χ0v) is 18.6. The molecule has 0 aliphatic carbocycles. The van der Waals surface area contributed by atoms with Gasteiger partial charge in [-0.05, 0) is 42.0 Å². The number of carbonyl (C=O) groups excluding carboxylic acids is 1. The lowest BCUT2D eigenvalue weighted by Gasteiger charge is -2.26. The maximum Gasteiger partial charge on any atom is 0.253 e. The second-order valence-electron chi connectivity index (χ2n) is 7.28. The number of carbonyl (C=O) groups is 1. The molecule has 1 N–H and O–H groups in total. The van der Waals surface area contributed by atoms with Crippen molar-refractivity contribution in [3.63, 3.8) is 0 Å². The van der Waals surface area contributed by atoms with Crippen LogP contribution < -0.4 is 5.32 Å². The van der Waals surface area contributed by atoms with Crippen LogP contribution in [0.2, 0.25) is 0 Å². The van der Waals surface area contributed by atoms with Gasteiger partial charge in [0.2, 0.25) is 5.91 Å². The SMILES string of the molecule is O=C(Nc1cccc(CN2CCSCC2)c1)C1CCCN1S(=O)(=O)c1cccs1. The van der Waals surface area contributed by atoms with Gasteiger partial charge in [-0.3, -0.25) is 9.69 Å². The molecule has 2 saturated heterocycles. The summed E-state index contributed by atoms with van der Waals surface area (Å²) >= 11 is 3.17. The maximum atomic E-state index is 12.9.